The fourth-order valence-corrected chi connectivity index (χ4v) is 2.45. The highest BCUT2D eigenvalue weighted by Gasteiger charge is 2.07. The summed E-state index contributed by atoms with van der Waals surface area (Å²) >= 11 is 5.51. The van der Waals surface area contributed by atoms with Crippen molar-refractivity contribution in [2.45, 2.75) is 13.3 Å². The fraction of sp³-hybridized carbons (Fsp3) is 0.118. The van der Waals surface area contributed by atoms with Crippen LogP contribution in [-0.4, -0.2) is 17.5 Å². The van der Waals surface area contributed by atoms with E-state index in [9.17, 15) is 9.59 Å². The molecule has 2 aromatic carbocycles. The Balaban J connectivity index is 1.86. The largest absolute Gasteiger partial charge is 0.326 e. The molecule has 0 aliphatic heterocycles. The number of nitrogens with one attached hydrogen (secondary N) is 2. The molecule has 0 spiro atoms. The van der Waals surface area contributed by atoms with Crippen molar-refractivity contribution < 1.29 is 9.59 Å². The molecule has 0 unspecified atom stereocenters. The molecule has 5 nitrogen and oxygen atoms in total. The van der Waals surface area contributed by atoms with E-state index >= 15 is 0 Å². The highest BCUT2D eigenvalue weighted by Crippen LogP contribution is 2.14. The van der Waals surface area contributed by atoms with Crippen LogP contribution in [0.4, 0.5) is 5.69 Å². The summed E-state index contributed by atoms with van der Waals surface area (Å²) < 4.78 is 1.99. The number of hydrazone groups is 1. The van der Waals surface area contributed by atoms with Gasteiger partial charge in [0.25, 0.3) is 5.91 Å². The first-order valence-corrected chi connectivity index (χ1v) is 8.96. The zero-order valence-electron chi connectivity index (χ0n) is 12.8. The van der Waals surface area contributed by atoms with E-state index in [4.69, 9.17) is 0 Å². The highest BCUT2D eigenvalue weighted by molar-refractivity contribution is 14.1. The van der Waals surface area contributed by atoms with Crippen LogP contribution in [0.5, 0.6) is 0 Å². The Bertz CT molecular complexity index is 758. The molecule has 0 saturated carbocycles. The minimum Gasteiger partial charge on any atom is -0.326 e. The molecule has 2 N–H and O–H groups in total. The maximum Gasteiger partial charge on any atom is 0.271 e. The number of nitrogens with zero attached hydrogens (tertiary/aromatic N) is 1. The molecular formula is C17H15BrIN3O2. The molecule has 0 aliphatic carbocycles. The van der Waals surface area contributed by atoms with Gasteiger partial charge in [0.2, 0.25) is 5.91 Å². The lowest BCUT2D eigenvalue weighted by Crippen LogP contribution is -2.21. The summed E-state index contributed by atoms with van der Waals surface area (Å²) in [6.45, 7) is 1.69. The number of amides is 2. The Morgan fingerprint density at radius 2 is 1.71 bits per heavy atom. The van der Waals surface area contributed by atoms with E-state index in [-0.39, 0.29) is 18.2 Å². The van der Waals surface area contributed by atoms with E-state index in [1.807, 2.05) is 24.3 Å². The van der Waals surface area contributed by atoms with Crippen molar-refractivity contribution in [3.05, 3.63) is 62.1 Å². The number of hydrogen-bond donors (Lipinski definition) is 2. The van der Waals surface area contributed by atoms with E-state index in [0.717, 1.165) is 8.04 Å². The molecule has 0 saturated heterocycles. The third-order valence-electron chi connectivity index (χ3n) is 3.00. The molecule has 2 aromatic rings. The SMILES string of the molecule is C/C(CC(=O)Nc1ccc(Br)cc1)=N\NC(=O)c1ccc(I)cc1. The first-order chi connectivity index (χ1) is 11.4. The van der Waals surface area contributed by atoms with Crippen LogP contribution in [0.1, 0.15) is 23.7 Å². The Kier molecular flexibility index (Phi) is 6.92. The lowest BCUT2D eigenvalue weighted by atomic mass is 10.2. The van der Waals surface area contributed by atoms with Crippen LogP contribution >= 0.6 is 38.5 Å². The van der Waals surface area contributed by atoms with Gasteiger partial charge in [0.05, 0.1) is 6.42 Å². The third-order valence-corrected chi connectivity index (χ3v) is 4.25. The number of carbonyl (C=O) groups excluding carboxylic acids is 2. The minimum absolute atomic E-state index is 0.100. The zero-order chi connectivity index (χ0) is 17.5. The summed E-state index contributed by atoms with van der Waals surface area (Å²) in [7, 11) is 0. The maximum atomic E-state index is 11.9. The number of anilines is 1. The van der Waals surface area contributed by atoms with Gasteiger partial charge in [0, 0.05) is 25.0 Å². The van der Waals surface area contributed by atoms with Gasteiger partial charge in [-0.05, 0) is 78.0 Å². The summed E-state index contributed by atoms with van der Waals surface area (Å²) in [5.41, 5.74) is 4.20. The molecule has 0 fully saturated rings. The Labute approximate surface area is 162 Å². The Morgan fingerprint density at radius 3 is 2.33 bits per heavy atom. The molecule has 7 heteroatoms. The highest BCUT2D eigenvalue weighted by atomic mass is 127. The lowest BCUT2D eigenvalue weighted by molar-refractivity contribution is -0.115. The fourth-order valence-electron chi connectivity index (χ4n) is 1.82. The van der Waals surface area contributed by atoms with Gasteiger partial charge in [-0.15, -0.1) is 0 Å². The van der Waals surface area contributed by atoms with Gasteiger partial charge in [-0.2, -0.15) is 5.10 Å². The van der Waals surface area contributed by atoms with Crippen molar-refractivity contribution in [2.24, 2.45) is 5.10 Å². The number of carbonyl (C=O) groups is 2. The quantitative estimate of drug-likeness (QED) is 0.368. The summed E-state index contributed by atoms with van der Waals surface area (Å²) in [5, 5.41) is 6.74. The van der Waals surface area contributed by atoms with Gasteiger partial charge in [-0.25, -0.2) is 5.43 Å². The monoisotopic (exact) mass is 499 g/mol. The first kappa shape index (κ1) is 18.6. The predicted molar refractivity (Wildman–Crippen MR) is 107 cm³/mol. The summed E-state index contributed by atoms with van der Waals surface area (Å²) in [4.78, 5) is 23.9. The normalized spacial score (nSPS) is 11.0. The molecule has 2 rings (SSSR count). The van der Waals surface area contributed by atoms with Crippen LogP contribution < -0.4 is 10.7 Å². The third kappa shape index (κ3) is 6.04. The van der Waals surface area contributed by atoms with Crippen molar-refractivity contribution >= 4 is 61.7 Å². The van der Waals surface area contributed by atoms with Crippen molar-refractivity contribution in [3.8, 4) is 0 Å². The Hall–Kier alpha value is -1.74. The smallest absolute Gasteiger partial charge is 0.271 e. The molecule has 0 bridgehead atoms. The zero-order valence-corrected chi connectivity index (χ0v) is 16.6. The molecule has 0 aromatic heterocycles. The van der Waals surface area contributed by atoms with Crippen LogP contribution in [0.3, 0.4) is 0 Å². The summed E-state index contributed by atoms with van der Waals surface area (Å²) in [5.74, 6) is -0.499. The molecular weight excluding hydrogens is 485 g/mol. The second-order valence-corrected chi connectivity index (χ2v) is 7.19. The molecule has 0 atom stereocenters. The van der Waals surface area contributed by atoms with Gasteiger partial charge in [0.1, 0.15) is 0 Å². The van der Waals surface area contributed by atoms with Crippen molar-refractivity contribution in [1.82, 2.24) is 5.43 Å². The predicted octanol–water partition coefficient (Wildman–Crippen LogP) is 4.19. The van der Waals surface area contributed by atoms with Gasteiger partial charge >= 0.3 is 0 Å². The summed E-state index contributed by atoms with van der Waals surface area (Å²) in [6.07, 6.45) is 0.100. The van der Waals surface area contributed by atoms with Crippen LogP contribution in [0.25, 0.3) is 0 Å². The topological polar surface area (TPSA) is 70.6 Å². The van der Waals surface area contributed by atoms with Gasteiger partial charge in [-0.3, -0.25) is 9.59 Å². The molecule has 0 heterocycles. The van der Waals surface area contributed by atoms with Crippen molar-refractivity contribution in [2.75, 3.05) is 5.32 Å². The van der Waals surface area contributed by atoms with E-state index in [1.54, 1.807) is 31.2 Å². The average Bonchev–Trinajstić information content (AvgIpc) is 2.55. The average molecular weight is 500 g/mol. The number of rotatable bonds is 5. The van der Waals surface area contributed by atoms with Crippen LogP contribution in [0, 0.1) is 3.57 Å². The van der Waals surface area contributed by atoms with E-state index in [1.165, 1.54) is 0 Å². The maximum absolute atomic E-state index is 11.9. The van der Waals surface area contributed by atoms with E-state index in [2.05, 4.69) is 54.4 Å². The standard InChI is InChI=1S/C17H15BrIN3O2/c1-11(10-16(23)20-15-8-4-13(18)5-9-15)21-22-17(24)12-2-6-14(19)7-3-12/h2-9H,10H2,1H3,(H,20,23)(H,22,24)/b21-11+. The first-order valence-electron chi connectivity index (χ1n) is 7.08. The number of halogens is 2. The van der Waals surface area contributed by atoms with E-state index < -0.39 is 0 Å². The molecule has 0 aliphatic rings. The minimum atomic E-state index is -0.306. The van der Waals surface area contributed by atoms with Gasteiger partial charge < -0.3 is 5.32 Å². The number of benzene rings is 2. The van der Waals surface area contributed by atoms with Crippen LogP contribution in [0.2, 0.25) is 0 Å². The second kappa shape index (κ2) is 8.93. The van der Waals surface area contributed by atoms with Crippen molar-refractivity contribution in [3.63, 3.8) is 0 Å². The van der Waals surface area contributed by atoms with Gasteiger partial charge in [0.15, 0.2) is 0 Å². The van der Waals surface area contributed by atoms with Crippen LogP contribution in [0.15, 0.2) is 58.1 Å². The van der Waals surface area contributed by atoms with Gasteiger partial charge in [-0.1, -0.05) is 15.9 Å². The molecule has 0 radical (unpaired) electrons. The molecule has 2 amide bonds. The number of hydrogen-bond acceptors (Lipinski definition) is 3. The van der Waals surface area contributed by atoms with E-state index in [0.29, 0.717) is 17.0 Å². The molecule has 124 valence electrons. The molecule has 24 heavy (non-hydrogen) atoms. The van der Waals surface area contributed by atoms with Crippen LogP contribution in [-0.2, 0) is 4.79 Å². The Morgan fingerprint density at radius 1 is 1.08 bits per heavy atom. The second-order valence-electron chi connectivity index (χ2n) is 5.03. The van der Waals surface area contributed by atoms with Crippen molar-refractivity contribution in [1.29, 1.82) is 0 Å². The lowest BCUT2D eigenvalue weighted by Gasteiger charge is -2.06. The summed E-state index contributed by atoms with van der Waals surface area (Å²) in [6, 6.07) is 14.4.